The standard InChI is InChI=1S/C16H14O3S/c1-19-15(17)12-8-9-13(11-6-4-3-5-7-11)14(10-12)16(18)20-2/h3-10H,1-2H3. The lowest BCUT2D eigenvalue weighted by molar-refractivity contribution is 0.0600. The third kappa shape index (κ3) is 2.91. The van der Waals surface area contributed by atoms with E-state index in [1.807, 2.05) is 30.3 Å². The monoisotopic (exact) mass is 286 g/mol. The number of hydrogen-bond acceptors (Lipinski definition) is 4. The van der Waals surface area contributed by atoms with E-state index in [1.54, 1.807) is 24.5 Å². The van der Waals surface area contributed by atoms with E-state index in [0.717, 1.165) is 22.9 Å². The summed E-state index contributed by atoms with van der Waals surface area (Å²) < 4.78 is 4.69. The highest BCUT2D eigenvalue weighted by Gasteiger charge is 2.15. The summed E-state index contributed by atoms with van der Waals surface area (Å²) in [4.78, 5) is 23.7. The maximum atomic E-state index is 12.1. The molecule has 4 heteroatoms. The molecule has 0 heterocycles. The molecule has 2 aromatic carbocycles. The summed E-state index contributed by atoms with van der Waals surface area (Å²) in [7, 11) is 1.32. The van der Waals surface area contributed by atoms with Crippen molar-refractivity contribution in [3.05, 3.63) is 59.7 Å². The highest BCUT2D eigenvalue weighted by Crippen LogP contribution is 2.27. The van der Waals surface area contributed by atoms with Gasteiger partial charge in [-0.3, -0.25) is 4.79 Å². The molecular formula is C16H14O3S. The SMILES string of the molecule is COC(=O)c1ccc(-c2ccccc2)c(C(=O)SC)c1. The molecule has 2 aromatic rings. The molecule has 0 aromatic heterocycles. The van der Waals surface area contributed by atoms with Crippen LogP contribution in [0.3, 0.4) is 0 Å². The Morgan fingerprint density at radius 2 is 1.75 bits per heavy atom. The molecule has 0 unspecified atom stereocenters. The largest absolute Gasteiger partial charge is 0.465 e. The number of thioether (sulfide) groups is 1. The first-order valence-corrected chi connectivity index (χ1v) is 7.26. The van der Waals surface area contributed by atoms with E-state index in [-0.39, 0.29) is 5.12 Å². The van der Waals surface area contributed by atoms with Crippen LogP contribution in [0.4, 0.5) is 0 Å². The quantitative estimate of drug-likeness (QED) is 0.808. The van der Waals surface area contributed by atoms with Gasteiger partial charge < -0.3 is 4.74 Å². The van der Waals surface area contributed by atoms with Gasteiger partial charge in [0.15, 0.2) is 0 Å². The Balaban J connectivity index is 2.57. The lowest BCUT2D eigenvalue weighted by Gasteiger charge is -2.09. The van der Waals surface area contributed by atoms with Crippen LogP contribution in [0.2, 0.25) is 0 Å². The van der Waals surface area contributed by atoms with Gasteiger partial charge >= 0.3 is 5.97 Å². The van der Waals surface area contributed by atoms with Crippen LogP contribution in [0.1, 0.15) is 20.7 Å². The van der Waals surface area contributed by atoms with Crippen molar-refractivity contribution in [2.75, 3.05) is 13.4 Å². The Kier molecular flexibility index (Phi) is 4.58. The van der Waals surface area contributed by atoms with Crippen molar-refractivity contribution in [1.29, 1.82) is 0 Å². The average molecular weight is 286 g/mol. The number of rotatable bonds is 3. The van der Waals surface area contributed by atoms with E-state index in [9.17, 15) is 9.59 Å². The molecule has 0 amide bonds. The van der Waals surface area contributed by atoms with Crippen LogP contribution in [-0.2, 0) is 4.74 Å². The van der Waals surface area contributed by atoms with Gasteiger partial charge in [0.1, 0.15) is 0 Å². The normalized spacial score (nSPS) is 10.1. The van der Waals surface area contributed by atoms with Crippen molar-refractivity contribution in [2.45, 2.75) is 0 Å². The van der Waals surface area contributed by atoms with Gasteiger partial charge in [-0.15, -0.1) is 0 Å². The molecule has 2 rings (SSSR count). The molecule has 0 fully saturated rings. The third-order valence-corrected chi connectivity index (χ3v) is 3.52. The molecule has 0 bridgehead atoms. The average Bonchev–Trinajstić information content (AvgIpc) is 2.53. The zero-order valence-corrected chi connectivity index (χ0v) is 12.1. The van der Waals surface area contributed by atoms with Gasteiger partial charge in [-0.1, -0.05) is 48.2 Å². The molecule has 0 radical (unpaired) electrons. The Bertz CT molecular complexity index is 635. The highest BCUT2D eigenvalue weighted by molar-refractivity contribution is 8.13. The maximum absolute atomic E-state index is 12.1. The summed E-state index contributed by atoms with van der Waals surface area (Å²) in [5, 5.41) is -0.0744. The van der Waals surface area contributed by atoms with E-state index < -0.39 is 5.97 Å². The number of ether oxygens (including phenoxy) is 1. The predicted molar refractivity (Wildman–Crippen MR) is 81.1 cm³/mol. The van der Waals surface area contributed by atoms with Gasteiger partial charge in [0, 0.05) is 5.56 Å². The molecule has 0 saturated heterocycles. The number of hydrogen-bond donors (Lipinski definition) is 0. The Morgan fingerprint density at radius 3 is 2.35 bits per heavy atom. The van der Waals surface area contributed by atoms with Gasteiger partial charge in [-0.05, 0) is 29.5 Å². The van der Waals surface area contributed by atoms with Crippen LogP contribution < -0.4 is 0 Å². The van der Waals surface area contributed by atoms with Crippen LogP contribution in [0.5, 0.6) is 0 Å². The van der Waals surface area contributed by atoms with E-state index >= 15 is 0 Å². The van der Waals surface area contributed by atoms with Gasteiger partial charge in [0.05, 0.1) is 12.7 Å². The van der Waals surface area contributed by atoms with Crippen molar-refractivity contribution in [3.8, 4) is 11.1 Å². The molecule has 0 aliphatic heterocycles. The predicted octanol–water partition coefficient (Wildman–Crippen LogP) is 3.64. The second-order valence-corrected chi connectivity index (χ2v) is 4.89. The topological polar surface area (TPSA) is 43.4 Å². The lowest BCUT2D eigenvalue weighted by atomic mass is 9.98. The molecule has 20 heavy (non-hydrogen) atoms. The molecule has 0 N–H and O–H groups in total. The second kappa shape index (κ2) is 6.39. The summed E-state index contributed by atoms with van der Waals surface area (Å²) >= 11 is 1.12. The number of carbonyl (C=O) groups is 2. The molecule has 3 nitrogen and oxygen atoms in total. The maximum Gasteiger partial charge on any atom is 0.337 e. The minimum atomic E-state index is -0.445. The van der Waals surface area contributed by atoms with Crippen LogP contribution in [-0.4, -0.2) is 24.5 Å². The van der Waals surface area contributed by atoms with E-state index in [1.165, 1.54) is 7.11 Å². The number of carbonyl (C=O) groups excluding carboxylic acids is 2. The fourth-order valence-electron chi connectivity index (χ4n) is 1.94. The lowest BCUT2D eigenvalue weighted by Crippen LogP contribution is -2.05. The smallest absolute Gasteiger partial charge is 0.337 e. The van der Waals surface area contributed by atoms with Crippen molar-refractivity contribution in [3.63, 3.8) is 0 Å². The molecule has 0 saturated carbocycles. The first kappa shape index (κ1) is 14.3. The summed E-state index contributed by atoms with van der Waals surface area (Å²) in [6.07, 6.45) is 1.72. The third-order valence-electron chi connectivity index (χ3n) is 2.93. The number of methoxy groups -OCH3 is 1. The van der Waals surface area contributed by atoms with Crippen molar-refractivity contribution in [1.82, 2.24) is 0 Å². The van der Waals surface area contributed by atoms with Crippen molar-refractivity contribution >= 4 is 22.8 Å². The fraction of sp³-hybridized carbons (Fsp3) is 0.125. The van der Waals surface area contributed by atoms with Gasteiger partial charge in [-0.25, -0.2) is 4.79 Å². The minimum Gasteiger partial charge on any atom is -0.465 e. The van der Waals surface area contributed by atoms with Gasteiger partial charge in [0.25, 0.3) is 0 Å². The van der Waals surface area contributed by atoms with Crippen LogP contribution in [0.25, 0.3) is 11.1 Å². The molecule has 0 spiro atoms. The Morgan fingerprint density at radius 1 is 1.05 bits per heavy atom. The first-order valence-electron chi connectivity index (χ1n) is 6.03. The number of benzene rings is 2. The van der Waals surface area contributed by atoms with E-state index in [4.69, 9.17) is 4.74 Å². The highest BCUT2D eigenvalue weighted by atomic mass is 32.2. The van der Waals surface area contributed by atoms with Gasteiger partial charge in [-0.2, -0.15) is 0 Å². The van der Waals surface area contributed by atoms with Gasteiger partial charge in [0.2, 0.25) is 5.12 Å². The van der Waals surface area contributed by atoms with E-state index in [2.05, 4.69) is 0 Å². The zero-order valence-electron chi connectivity index (χ0n) is 11.3. The van der Waals surface area contributed by atoms with Crippen LogP contribution >= 0.6 is 11.8 Å². The summed E-state index contributed by atoms with van der Waals surface area (Å²) in [6, 6.07) is 14.7. The summed E-state index contributed by atoms with van der Waals surface area (Å²) in [5.41, 5.74) is 2.66. The van der Waals surface area contributed by atoms with Crippen LogP contribution in [0, 0.1) is 0 Å². The van der Waals surface area contributed by atoms with E-state index in [0.29, 0.717) is 11.1 Å². The number of esters is 1. The first-order chi connectivity index (χ1) is 9.67. The molecule has 102 valence electrons. The Labute approximate surface area is 122 Å². The summed E-state index contributed by atoms with van der Waals surface area (Å²) in [6.45, 7) is 0. The molecule has 0 aliphatic rings. The minimum absolute atomic E-state index is 0.0744. The summed E-state index contributed by atoms with van der Waals surface area (Å²) in [5.74, 6) is -0.445. The zero-order chi connectivity index (χ0) is 14.5. The van der Waals surface area contributed by atoms with Crippen molar-refractivity contribution in [2.24, 2.45) is 0 Å². The second-order valence-electron chi connectivity index (χ2n) is 4.11. The van der Waals surface area contributed by atoms with Crippen molar-refractivity contribution < 1.29 is 14.3 Å². The molecule has 0 atom stereocenters. The van der Waals surface area contributed by atoms with Crippen LogP contribution in [0.15, 0.2) is 48.5 Å². The Hall–Kier alpha value is -2.07. The molecular weight excluding hydrogens is 272 g/mol. The fourth-order valence-corrected chi connectivity index (χ4v) is 2.33. The molecule has 0 aliphatic carbocycles.